The maximum absolute atomic E-state index is 13.4. The summed E-state index contributed by atoms with van der Waals surface area (Å²) in [5.74, 6) is -1.26. The molecular formula is C10H9F2N3. The second-order valence-electron chi connectivity index (χ2n) is 3.27. The van der Waals surface area contributed by atoms with Crippen LogP contribution in [0.3, 0.4) is 0 Å². The van der Waals surface area contributed by atoms with Gasteiger partial charge in [0.1, 0.15) is 11.5 Å². The van der Waals surface area contributed by atoms with Crippen molar-refractivity contribution in [1.82, 2.24) is 15.0 Å². The van der Waals surface area contributed by atoms with Crippen LogP contribution in [0.5, 0.6) is 0 Å². The van der Waals surface area contributed by atoms with Crippen molar-refractivity contribution in [3.8, 4) is 5.69 Å². The Morgan fingerprint density at radius 1 is 1.20 bits per heavy atom. The highest BCUT2D eigenvalue weighted by Crippen LogP contribution is 2.16. The van der Waals surface area contributed by atoms with Gasteiger partial charge in [0.2, 0.25) is 0 Å². The van der Waals surface area contributed by atoms with Gasteiger partial charge in [0.05, 0.1) is 11.4 Å². The molecule has 2 rings (SSSR count). The first-order chi connectivity index (χ1) is 7.09. The fraction of sp³-hybridized carbons (Fsp3) is 0.200. The van der Waals surface area contributed by atoms with E-state index in [0.717, 1.165) is 17.5 Å². The summed E-state index contributed by atoms with van der Waals surface area (Å²) in [4.78, 5) is 0. The first kappa shape index (κ1) is 9.76. The van der Waals surface area contributed by atoms with E-state index >= 15 is 0 Å². The van der Waals surface area contributed by atoms with Crippen LogP contribution in [-0.2, 0) is 0 Å². The van der Waals surface area contributed by atoms with Crippen LogP contribution in [-0.4, -0.2) is 15.0 Å². The summed E-state index contributed by atoms with van der Waals surface area (Å²) in [5, 5.41) is 7.59. The number of aryl methyl sites for hydroxylation is 1. The molecule has 1 aromatic heterocycles. The molecule has 0 fully saturated rings. The number of hydrogen-bond donors (Lipinski definition) is 0. The third-order valence-corrected chi connectivity index (χ3v) is 2.26. The van der Waals surface area contributed by atoms with Crippen molar-refractivity contribution in [3.05, 3.63) is 41.2 Å². The van der Waals surface area contributed by atoms with Crippen molar-refractivity contribution in [2.45, 2.75) is 13.8 Å². The number of halogens is 2. The number of rotatable bonds is 1. The van der Waals surface area contributed by atoms with Crippen LogP contribution in [0.15, 0.2) is 18.2 Å². The van der Waals surface area contributed by atoms with Crippen LogP contribution in [0, 0.1) is 25.5 Å². The van der Waals surface area contributed by atoms with E-state index in [-0.39, 0.29) is 5.69 Å². The minimum Gasteiger partial charge on any atom is -0.215 e. The molecule has 5 heteroatoms. The van der Waals surface area contributed by atoms with E-state index < -0.39 is 11.6 Å². The molecule has 0 atom stereocenters. The van der Waals surface area contributed by atoms with E-state index in [1.807, 2.05) is 0 Å². The molecule has 15 heavy (non-hydrogen) atoms. The molecule has 0 spiro atoms. The lowest BCUT2D eigenvalue weighted by Crippen LogP contribution is -2.02. The first-order valence-corrected chi connectivity index (χ1v) is 4.44. The molecule has 3 nitrogen and oxygen atoms in total. The van der Waals surface area contributed by atoms with Gasteiger partial charge in [0.25, 0.3) is 0 Å². The lowest BCUT2D eigenvalue weighted by atomic mass is 10.3. The second-order valence-corrected chi connectivity index (χ2v) is 3.27. The van der Waals surface area contributed by atoms with Gasteiger partial charge < -0.3 is 0 Å². The molecule has 0 unspecified atom stereocenters. The molecule has 0 aliphatic carbocycles. The zero-order valence-corrected chi connectivity index (χ0v) is 8.33. The van der Waals surface area contributed by atoms with E-state index in [2.05, 4.69) is 10.3 Å². The number of benzene rings is 1. The number of nitrogens with zero attached hydrogens (tertiary/aromatic N) is 3. The Hall–Kier alpha value is -1.78. The van der Waals surface area contributed by atoms with E-state index in [9.17, 15) is 8.78 Å². The molecule has 2 aromatic rings. The summed E-state index contributed by atoms with van der Waals surface area (Å²) < 4.78 is 27.4. The molecule has 0 aliphatic heterocycles. The molecule has 0 saturated carbocycles. The first-order valence-electron chi connectivity index (χ1n) is 4.44. The van der Waals surface area contributed by atoms with Crippen molar-refractivity contribution >= 4 is 0 Å². The smallest absolute Gasteiger partial charge is 0.151 e. The maximum Gasteiger partial charge on any atom is 0.151 e. The standard InChI is InChI=1S/C10H9F2N3/c1-6-7(2)15(14-13-6)10-4-3-8(11)5-9(10)12/h3-5H,1-2H3. The topological polar surface area (TPSA) is 30.7 Å². The predicted octanol–water partition coefficient (Wildman–Crippen LogP) is 2.16. The van der Waals surface area contributed by atoms with Crippen LogP contribution in [0.25, 0.3) is 5.69 Å². The maximum atomic E-state index is 13.4. The lowest BCUT2D eigenvalue weighted by Gasteiger charge is -2.04. The largest absolute Gasteiger partial charge is 0.215 e. The highest BCUT2D eigenvalue weighted by atomic mass is 19.1. The van der Waals surface area contributed by atoms with E-state index in [1.54, 1.807) is 13.8 Å². The van der Waals surface area contributed by atoms with Gasteiger partial charge in [-0.05, 0) is 26.0 Å². The average molecular weight is 209 g/mol. The fourth-order valence-corrected chi connectivity index (χ4v) is 1.29. The SMILES string of the molecule is Cc1nnn(-c2ccc(F)cc2F)c1C. The minimum absolute atomic E-state index is 0.203. The molecular weight excluding hydrogens is 200 g/mol. The summed E-state index contributed by atoms with van der Waals surface area (Å²) in [5.41, 5.74) is 1.66. The van der Waals surface area contributed by atoms with E-state index in [4.69, 9.17) is 0 Å². The zero-order valence-electron chi connectivity index (χ0n) is 8.33. The van der Waals surface area contributed by atoms with Crippen LogP contribution < -0.4 is 0 Å². The quantitative estimate of drug-likeness (QED) is 0.720. The zero-order chi connectivity index (χ0) is 11.0. The monoisotopic (exact) mass is 209 g/mol. The third-order valence-electron chi connectivity index (χ3n) is 2.26. The Balaban J connectivity index is 2.59. The molecule has 1 heterocycles. The van der Waals surface area contributed by atoms with Gasteiger partial charge in [-0.3, -0.25) is 0 Å². The van der Waals surface area contributed by atoms with Gasteiger partial charge in [0, 0.05) is 6.07 Å². The Morgan fingerprint density at radius 3 is 2.47 bits per heavy atom. The van der Waals surface area contributed by atoms with E-state index in [1.165, 1.54) is 16.8 Å². The van der Waals surface area contributed by atoms with Crippen LogP contribution in [0.4, 0.5) is 8.78 Å². The van der Waals surface area contributed by atoms with E-state index in [0.29, 0.717) is 0 Å². The van der Waals surface area contributed by atoms with Gasteiger partial charge in [0.15, 0.2) is 5.82 Å². The minimum atomic E-state index is -0.650. The van der Waals surface area contributed by atoms with Crippen molar-refractivity contribution in [3.63, 3.8) is 0 Å². The Morgan fingerprint density at radius 2 is 1.93 bits per heavy atom. The van der Waals surface area contributed by atoms with Gasteiger partial charge >= 0.3 is 0 Å². The van der Waals surface area contributed by atoms with Crippen molar-refractivity contribution in [2.75, 3.05) is 0 Å². The summed E-state index contributed by atoms with van der Waals surface area (Å²) in [6, 6.07) is 3.35. The van der Waals surface area contributed by atoms with Gasteiger partial charge in [-0.2, -0.15) is 0 Å². The predicted molar refractivity (Wildman–Crippen MR) is 50.7 cm³/mol. The third kappa shape index (κ3) is 1.60. The van der Waals surface area contributed by atoms with Gasteiger partial charge in [-0.1, -0.05) is 5.21 Å². The highest BCUT2D eigenvalue weighted by molar-refractivity contribution is 5.34. The second kappa shape index (κ2) is 3.42. The Bertz CT molecular complexity index is 505. The molecule has 1 aromatic carbocycles. The molecule has 78 valence electrons. The van der Waals surface area contributed by atoms with Crippen molar-refractivity contribution < 1.29 is 8.78 Å². The molecule has 0 radical (unpaired) electrons. The van der Waals surface area contributed by atoms with Crippen LogP contribution >= 0.6 is 0 Å². The van der Waals surface area contributed by atoms with Crippen molar-refractivity contribution in [2.24, 2.45) is 0 Å². The summed E-state index contributed by atoms with van der Waals surface area (Å²) in [6.45, 7) is 3.55. The molecule has 0 aliphatic rings. The summed E-state index contributed by atoms with van der Waals surface area (Å²) in [6.07, 6.45) is 0. The van der Waals surface area contributed by atoms with Crippen molar-refractivity contribution in [1.29, 1.82) is 0 Å². The molecule has 0 N–H and O–H groups in total. The molecule has 0 saturated heterocycles. The molecule has 0 bridgehead atoms. The summed E-state index contributed by atoms with van der Waals surface area (Å²) in [7, 11) is 0. The average Bonchev–Trinajstić information content (AvgIpc) is 2.49. The summed E-state index contributed by atoms with van der Waals surface area (Å²) >= 11 is 0. The number of aromatic nitrogens is 3. The fourth-order valence-electron chi connectivity index (χ4n) is 1.29. The Kier molecular flexibility index (Phi) is 2.22. The van der Waals surface area contributed by atoms with Gasteiger partial charge in [-0.15, -0.1) is 5.10 Å². The highest BCUT2D eigenvalue weighted by Gasteiger charge is 2.11. The normalized spacial score (nSPS) is 10.7. The van der Waals surface area contributed by atoms with Crippen LogP contribution in [0.2, 0.25) is 0 Å². The number of hydrogen-bond acceptors (Lipinski definition) is 2. The molecule has 0 amide bonds. The van der Waals surface area contributed by atoms with Gasteiger partial charge in [-0.25, -0.2) is 13.5 Å². The lowest BCUT2D eigenvalue weighted by molar-refractivity contribution is 0.570. The van der Waals surface area contributed by atoms with Crippen LogP contribution in [0.1, 0.15) is 11.4 Å². The Labute approximate surface area is 85.3 Å².